The van der Waals surface area contributed by atoms with E-state index in [-0.39, 0.29) is 0 Å². The number of hydrogen-bond donors (Lipinski definition) is 2. The molecule has 0 atom stereocenters. The lowest BCUT2D eigenvalue weighted by molar-refractivity contribution is 0.359. The Labute approximate surface area is 184 Å². The van der Waals surface area contributed by atoms with Crippen LogP contribution in [-0.4, -0.2) is 32.7 Å². The lowest BCUT2D eigenvalue weighted by Gasteiger charge is -2.28. The van der Waals surface area contributed by atoms with Crippen molar-refractivity contribution in [3.8, 4) is 11.3 Å². The summed E-state index contributed by atoms with van der Waals surface area (Å²) in [6.07, 6.45) is 8.84. The second kappa shape index (κ2) is 7.79. The summed E-state index contributed by atoms with van der Waals surface area (Å²) in [6.45, 7) is 8.93. The molecule has 5 heteroatoms. The van der Waals surface area contributed by atoms with Gasteiger partial charge in [0.25, 0.3) is 0 Å². The van der Waals surface area contributed by atoms with Crippen molar-refractivity contribution < 1.29 is 0 Å². The third-order valence-corrected chi connectivity index (χ3v) is 7.44. The van der Waals surface area contributed by atoms with Crippen LogP contribution in [0.2, 0.25) is 0 Å². The Morgan fingerprint density at radius 3 is 2.58 bits per heavy atom. The number of benzene rings is 1. The smallest absolute Gasteiger partial charge is 0.158 e. The summed E-state index contributed by atoms with van der Waals surface area (Å²) in [7, 11) is 2.09. The number of H-pyrrole nitrogens is 1. The van der Waals surface area contributed by atoms with Gasteiger partial charge in [-0.1, -0.05) is 19.9 Å². The van der Waals surface area contributed by atoms with Crippen LogP contribution in [0.3, 0.4) is 0 Å². The van der Waals surface area contributed by atoms with Gasteiger partial charge in [-0.15, -0.1) is 0 Å². The minimum absolute atomic E-state index is 0.421. The second-order valence-electron chi connectivity index (χ2n) is 9.53. The molecule has 3 aromatic heterocycles. The van der Waals surface area contributed by atoms with Crippen LogP contribution < -0.4 is 5.32 Å². The summed E-state index contributed by atoms with van der Waals surface area (Å²) >= 11 is 0. The molecule has 1 aromatic carbocycles. The fraction of sp³-hybridized carbons (Fsp3) is 0.462. The fourth-order valence-electron chi connectivity index (χ4n) is 5.47. The van der Waals surface area contributed by atoms with E-state index in [0.29, 0.717) is 17.9 Å². The molecule has 31 heavy (non-hydrogen) atoms. The van der Waals surface area contributed by atoms with Crippen molar-refractivity contribution in [3.05, 3.63) is 53.0 Å². The molecule has 4 aromatic rings. The first-order valence-corrected chi connectivity index (χ1v) is 11.6. The third-order valence-electron chi connectivity index (χ3n) is 7.44. The number of aromatic amines is 1. The van der Waals surface area contributed by atoms with Crippen LogP contribution in [0.15, 0.2) is 30.7 Å². The summed E-state index contributed by atoms with van der Waals surface area (Å²) in [5.41, 5.74) is 9.94. The van der Waals surface area contributed by atoms with Gasteiger partial charge >= 0.3 is 0 Å². The summed E-state index contributed by atoms with van der Waals surface area (Å²) < 4.78 is 1.90. The Hall–Kier alpha value is -2.66. The van der Waals surface area contributed by atoms with Crippen LogP contribution in [0.1, 0.15) is 73.6 Å². The molecule has 162 valence electrons. The van der Waals surface area contributed by atoms with Crippen molar-refractivity contribution >= 4 is 16.6 Å². The van der Waals surface area contributed by atoms with Crippen molar-refractivity contribution in [1.29, 1.82) is 0 Å². The predicted octanol–water partition coefficient (Wildman–Crippen LogP) is 5.86. The van der Waals surface area contributed by atoms with Gasteiger partial charge in [-0.2, -0.15) is 5.10 Å². The number of pyridine rings is 1. The van der Waals surface area contributed by atoms with E-state index in [9.17, 15) is 0 Å². The van der Waals surface area contributed by atoms with E-state index < -0.39 is 0 Å². The van der Waals surface area contributed by atoms with Gasteiger partial charge in [0.05, 0.1) is 5.69 Å². The van der Waals surface area contributed by atoms with Crippen LogP contribution >= 0.6 is 0 Å². The van der Waals surface area contributed by atoms with Crippen LogP contribution in [0, 0.1) is 13.8 Å². The molecule has 1 aliphatic carbocycles. The number of rotatable bonds is 4. The fourth-order valence-corrected chi connectivity index (χ4v) is 5.47. The summed E-state index contributed by atoms with van der Waals surface area (Å²) in [6, 6.07) is 7.78. The first-order valence-electron chi connectivity index (χ1n) is 11.6. The number of aryl methyl sites for hydroxylation is 1. The average Bonchev–Trinajstić information content (AvgIpc) is 3.40. The third kappa shape index (κ3) is 3.35. The molecule has 0 saturated heterocycles. The highest BCUT2D eigenvalue weighted by molar-refractivity contribution is 5.92. The molecule has 3 heterocycles. The van der Waals surface area contributed by atoms with E-state index in [1.54, 1.807) is 6.33 Å². The Morgan fingerprint density at radius 1 is 1.10 bits per heavy atom. The maximum atomic E-state index is 4.43. The molecule has 1 saturated carbocycles. The normalized spacial score (nSPS) is 19.7. The number of hydrogen-bond acceptors (Lipinski definition) is 3. The van der Waals surface area contributed by atoms with E-state index in [1.807, 2.05) is 4.52 Å². The Bertz CT molecular complexity index is 1240. The zero-order valence-electron chi connectivity index (χ0n) is 19.3. The van der Waals surface area contributed by atoms with Gasteiger partial charge in [0.2, 0.25) is 0 Å². The molecule has 0 spiro atoms. The van der Waals surface area contributed by atoms with Gasteiger partial charge in [0.15, 0.2) is 5.65 Å². The zero-order chi connectivity index (χ0) is 21.7. The largest absolute Gasteiger partial charge is 0.354 e. The monoisotopic (exact) mass is 415 g/mol. The standard InChI is InChI=1S/C26H33N5/c1-15(2)24-21-12-19(18-6-9-20(27-5)10-7-18)8-11-23(21)30-25(24)22-13-31-26(28-14-29-31)17(4)16(22)3/h8,11-15,18,20,27,30H,6-7,9-10H2,1-5H3. The van der Waals surface area contributed by atoms with Crippen LogP contribution in [-0.2, 0) is 0 Å². The lowest BCUT2D eigenvalue weighted by atomic mass is 9.81. The van der Waals surface area contributed by atoms with E-state index in [4.69, 9.17) is 0 Å². The number of fused-ring (bicyclic) bond motifs is 2. The van der Waals surface area contributed by atoms with Crippen LogP contribution in [0.4, 0.5) is 0 Å². The zero-order valence-corrected chi connectivity index (χ0v) is 19.3. The minimum atomic E-state index is 0.421. The predicted molar refractivity (Wildman–Crippen MR) is 128 cm³/mol. The van der Waals surface area contributed by atoms with Crippen LogP contribution in [0.5, 0.6) is 0 Å². The summed E-state index contributed by atoms with van der Waals surface area (Å²) in [5, 5.41) is 9.23. The average molecular weight is 416 g/mol. The van der Waals surface area contributed by atoms with Gasteiger partial charge in [-0.25, -0.2) is 9.50 Å². The summed E-state index contributed by atoms with van der Waals surface area (Å²) in [4.78, 5) is 8.19. The van der Waals surface area contributed by atoms with Gasteiger partial charge in [0, 0.05) is 28.7 Å². The van der Waals surface area contributed by atoms with Gasteiger partial charge in [-0.3, -0.25) is 0 Å². The maximum Gasteiger partial charge on any atom is 0.158 e. The van der Waals surface area contributed by atoms with Crippen molar-refractivity contribution in [3.63, 3.8) is 0 Å². The Balaban J connectivity index is 1.63. The molecule has 0 amide bonds. The molecule has 0 unspecified atom stereocenters. The molecule has 0 bridgehead atoms. The summed E-state index contributed by atoms with van der Waals surface area (Å²) in [5.74, 6) is 1.09. The van der Waals surface area contributed by atoms with Crippen molar-refractivity contribution in [2.75, 3.05) is 7.05 Å². The van der Waals surface area contributed by atoms with Gasteiger partial charge in [0.1, 0.15) is 6.33 Å². The topological polar surface area (TPSA) is 58.0 Å². The van der Waals surface area contributed by atoms with Gasteiger partial charge in [-0.05, 0) is 92.8 Å². The Kier molecular flexibility index (Phi) is 5.09. The second-order valence-corrected chi connectivity index (χ2v) is 9.53. The van der Waals surface area contributed by atoms with E-state index in [1.165, 1.54) is 70.1 Å². The molecular weight excluding hydrogens is 382 g/mol. The lowest BCUT2D eigenvalue weighted by Crippen LogP contribution is -2.29. The molecular formula is C26H33N5. The highest BCUT2D eigenvalue weighted by Crippen LogP contribution is 2.40. The maximum absolute atomic E-state index is 4.43. The van der Waals surface area contributed by atoms with E-state index >= 15 is 0 Å². The highest BCUT2D eigenvalue weighted by atomic mass is 15.3. The molecule has 1 aliphatic rings. The quantitative estimate of drug-likeness (QED) is 0.439. The number of nitrogens with one attached hydrogen (secondary N) is 2. The van der Waals surface area contributed by atoms with E-state index in [0.717, 1.165) is 5.65 Å². The van der Waals surface area contributed by atoms with Gasteiger partial charge < -0.3 is 10.3 Å². The molecule has 5 rings (SSSR count). The van der Waals surface area contributed by atoms with Crippen molar-refractivity contribution in [2.45, 2.75) is 71.3 Å². The highest BCUT2D eigenvalue weighted by Gasteiger charge is 2.24. The molecule has 5 nitrogen and oxygen atoms in total. The van der Waals surface area contributed by atoms with E-state index in [2.05, 4.69) is 79.5 Å². The first-order chi connectivity index (χ1) is 15.0. The SMILES string of the molecule is CNC1CCC(c2ccc3[nH]c(-c4cn5ncnc5c(C)c4C)c(C(C)C)c3c2)CC1. The van der Waals surface area contributed by atoms with Crippen LogP contribution in [0.25, 0.3) is 27.8 Å². The molecule has 0 radical (unpaired) electrons. The number of aromatic nitrogens is 4. The number of nitrogens with zero attached hydrogens (tertiary/aromatic N) is 3. The first kappa shape index (κ1) is 20.3. The van der Waals surface area contributed by atoms with Crippen molar-refractivity contribution in [2.24, 2.45) is 0 Å². The molecule has 0 aliphatic heterocycles. The molecule has 1 fully saturated rings. The Morgan fingerprint density at radius 2 is 1.87 bits per heavy atom. The van der Waals surface area contributed by atoms with Crippen molar-refractivity contribution in [1.82, 2.24) is 24.9 Å². The minimum Gasteiger partial charge on any atom is -0.354 e. The molecule has 2 N–H and O–H groups in total.